The van der Waals surface area contributed by atoms with Gasteiger partial charge in [0, 0.05) is 62.1 Å². The SMILES string of the molecule is CCc1cc(Nc2nccn3c(-c4cn(CC#N)nc4C(F)(F)F)cnc23)ccc1C(=O)NCCCNC(=O)N1CC[C@@H](N)C1.O=CO. The van der Waals surface area contributed by atoms with Gasteiger partial charge in [0.15, 0.2) is 17.2 Å². The second-order valence-corrected chi connectivity index (χ2v) is 10.6. The maximum Gasteiger partial charge on any atom is 0.435 e. The number of aryl methyl sites for hydroxylation is 1. The number of nitrogens with two attached hydrogens (primary N) is 1. The molecule has 4 heterocycles. The lowest BCUT2D eigenvalue weighted by atomic mass is 10.0. The minimum absolute atomic E-state index is 0.0150. The third-order valence-corrected chi connectivity index (χ3v) is 7.39. The van der Waals surface area contributed by atoms with E-state index in [0.29, 0.717) is 56.1 Å². The van der Waals surface area contributed by atoms with Crippen molar-refractivity contribution in [2.75, 3.05) is 31.5 Å². The fourth-order valence-electron chi connectivity index (χ4n) is 5.16. The Bertz CT molecular complexity index is 1800. The predicted molar refractivity (Wildman–Crippen MR) is 167 cm³/mol. The number of hydrogen-bond donors (Lipinski definition) is 5. The summed E-state index contributed by atoms with van der Waals surface area (Å²) in [6.07, 6.45) is 2.55. The number of halogens is 3. The van der Waals surface area contributed by atoms with Crippen LogP contribution in [0.4, 0.5) is 29.5 Å². The second-order valence-electron chi connectivity index (χ2n) is 10.6. The summed E-state index contributed by atoms with van der Waals surface area (Å²) in [6, 6.07) is 6.85. The van der Waals surface area contributed by atoms with E-state index >= 15 is 0 Å². The largest absolute Gasteiger partial charge is 0.483 e. The van der Waals surface area contributed by atoms with Gasteiger partial charge in [0.05, 0.1) is 23.5 Å². The zero-order chi connectivity index (χ0) is 34.8. The lowest BCUT2D eigenvalue weighted by Gasteiger charge is -2.16. The highest BCUT2D eigenvalue weighted by Gasteiger charge is 2.38. The van der Waals surface area contributed by atoms with Crippen LogP contribution in [0.5, 0.6) is 0 Å². The predicted octanol–water partition coefficient (Wildman–Crippen LogP) is 3.00. The molecule has 1 atom stereocenters. The molecule has 4 aromatic rings. The first kappa shape index (κ1) is 35.2. The van der Waals surface area contributed by atoms with E-state index in [1.807, 2.05) is 6.92 Å². The number of likely N-dealkylation sites (tertiary alicyclic amines) is 1. The molecule has 0 spiro atoms. The van der Waals surface area contributed by atoms with Crippen molar-refractivity contribution in [2.24, 2.45) is 5.73 Å². The molecular formula is C30H34F3N11O4. The molecule has 0 saturated carbocycles. The van der Waals surface area contributed by atoms with Crippen molar-refractivity contribution in [3.63, 3.8) is 0 Å². The summed E-state index contributed by atoms with van der Waals surface area (Å²) in [5, 5.41) is 28.3. The zero-order valence-corrected chi connectivity index (χ0v) is 25.9. The van der Waals surface area contributed by atoms with Crippen LogP contribution in [0.1, 0.15) is 41.4 Å². The molecule has 0 aliphatic carbocycles. The third-order valence-electron chi connectivity index (χ3n) is 7.39. The second kappa shape index (κ2) is 15.7. The van der Waals surface area contributed by atoms with Crippen LogP contribution in [0.25, 0.3) is 16.9 Å². The number of alkyl halides is 3. The lowest BCUT2D eigenvalue weighted by Crippen LogP contribution is -2.40. The Labute approximate surface area is 272 Å². The summed E-state index contributed by atoms with van der Waals surface area (Å²) in [5.41, 5.74) is 6.79. The van der Waals surface area contributed by atoms with Crippen LogP contribution in [0, 0.1) is 11.3 Å². The first-order valence-corrected chi connectivity index (χ1v) is 14.9. The van der Waals surface area contributed by atoms with Gasteiger partial charge >= 0.3 is 12.2 Å². The van der Waals surface area contributed by atoms with Crippen molar-refractivity contribution in [1.82, 2.24) is 39.7 Å². The van der Waals surface area contributed by atoms with E-state index in [1.165, 1.54) is 29.2 Å². The molecule has 15 nitrogen and oxygen atoms in total. The van der Waals surface area contributed by atoms with Crippen molar-refractivity contribution in [3.8, 4) is 17.3 Å². The Morgan fingerprint density at radius 2 is 1.98 bits per heavy atom. The van der Waals surface area contributed by atoms with E-state index in [2.05, 4.69) is 31.0 Å². The number of urea groups is 1. The van der Waals surface area contributed by atoms with Crippen molar-refractivity contribution >= 4 is 35.6 Å². The fourth-order valence-corrected chi connectivity index (χ4v) is 5.16. The highest BCUT2D eigenvalue weighted by atomic mass is 19.4. The summed E-state index contributed by atoms with van der Waals surface area (Å²) in [7, 11) is 0. The number of aromatic nitrogens is 5. The highest BCUT2D eigenvalue weighted by molar-refractivity contribution is 5.96. The van der Waals surface area contributed by atoms with Crippen LogP contribution in [-0.4, -0.2) is 84.8 Å². The van der Waals surface area contributed by atoms with E-state index in [-0.39, 0.29) is 47.9 Å². The Balaban J connectivity index is 0.00000167. The molecule has 1 aliphatic rings. The summed E-state index contributed by atoms with van der Waals surface area (Å²) in [5.74, 6) is 0.0460. The molecule has 0 unspecified atom stereocenters. The van der Waals surface area contributed by atoms with Gasteiger partial charge in [-0.1, -0.05) is 6.92 Å². The van der Waals surface area contributed by atoms with Crippen molar-refractivity contribution in [3.05, 3.63) is 59.8 Å². The molecule has 3 aromatic heterocycles. The van der Waals surface area contributed by atoms with Crippen LogP contribution in [-0.2, 0) is 23.9 Å². The Morgan fingerprint density at radius 1 is 1.23 bits per heavy atom. The van der Waals surface area contributed by atoms with Gasteiger partial charge in [0.25, 0.3) is 12.4 Å². The lowest BCUT2D eigenvalue weighted by molar-refractivity contribution is -0.141. The van der Waals surface area contributed by atoms with Crippen LogP contribution >= 0.6 is 0 Å². The number of rotatable bonds is 10. The molecule has 6 N–H and O–H groups in total. The number of imidazole rings is 1. The van der Waals surface area contributed by atoms with Gasteiger partial charge in [-0.15, -0.1) is 0 Å². The van der Waals surface area contributed by atoms with Crippen molar-refractivity contribution in [2.45, 2.75) is 44.9 Å². The molecule has 48 heavy (non-hydrogen) atoms. The van der Waals surface area contributed by atoms with Gasteiger partial charge in [-0.05, 0) is 43.0 Å². The van der Waals surface area contributed by atoms with E-state index in [0.717, 1.165) is 16.7 Å². The number of hydrogen-bond acceptors (Lipinski definition) is 9. The molecule has 1 saturated heterocycles. The number of benzene rings is 1. The minimum atomic E-state index is -4.74. The average molecular weight is 670 g/mol. The van der Waals surface area contributed by atoms with Gasteiger partial charge in [-0.25, -0.2) is 14.8 Å². The number of nitrogens with zero attached hydrogens (tertiary/aromatic N) is 7. The van der Waals surface area contributed by atoms with E-state index < -0.39 is 11.9 Å². The number of nitrogens with one attached hydrogen (secondary N) is 3. The minimum Gasteiger partial charge on any atom is -0.483 e. The number of carbonyl (C=O) groups excluding carboxylic acids is 2. The van der Waals surface area contributed by atoms with Crippen LogP contribution in [0.15, 0.2) is 43.0 Å². The van der Waals surface area contributed by atoms with Crippen LogP contribution in [0.3, 0.4) is 0 Å². The molecule has 5 rings (SSSR count). The number of carbonyl (C=O) groups is 3. The van der Waals surface area contributed by atoms with E-state index in [1.54, 1.807) is 29.2 Å². The highest BCUT2D eigenvalue weighted by Crippen LogP contribution is 2.37. The van der Waals surface area contributed by atoms with E-state index in [4.69, 9.17) is 20.9 Å². The number of amides is 3. The Morgan fingerprint density at radius 3 is 2.65 bits per heavy atom. The number of carboxylic acid groups (broad SMARTS) is 1. The number of fused-ring (bicyclic) bond motifs is 1. The topological polar surface area (TPSA) is 209 Å². The summed E-state index contributed by atoms with van der Waals surface area (Å²) >= 11 is 0. The molecule has 1 aromatic carbocycles. The first-order chi connectivity index (χ1) is 23.0. The molecule has 0 bridgehead atoms. The number of nitriles is 1. The molecule has 18 heteroatoms. The average Bonchev–Trinajstić information content (AvgIpc) is 3.80. The smallest absolute Gasteiger partial charge is 0.435 e. The standard InChI is InChI=1S/C29H32F3N11O2.CH2O2/c1-2-18-14-20(4-5-21(18)27(44)36-8-3-9-37-28(45)41-11-6-19(34)16-41)39-25-26-38-15-23(43(26)13-10-35-25)22-17-42(12-7-33)40-24(22)29(30,31)32;2-1-3/h4-5,10,13-15,17,19H,2-3,6,8-9,11-12,16,34H2,1H3,(H,35,39)(H,36,44)(H,37,45);1H,(H,2,3)/t19-;/m1./s1. The van der Waals surface area contributed by atoms with Gasteiger partial charge in [-0.2, -0.15) is 23.5 Å². The zero-order valence-electron chi connectivity index (χ0n) is 25.9. The summed E-state index contributed by atoms with van der Waals surface area (Å²) in [4.78, 5) is 43.8. The quantitative estimate of drug-likeness (QED) is 0.123. The summed E-state index contributed by atoms with van der Waals surface area (Å²) in [6.45, 7) is 3.31. The van der Waals surface area contributed by atoms with Crippen molar-refractivity contribution in [1.29, 1.82) is 5.26 Å². The molecule has 254 valence electrons. The molecule has 1 aliphatic heterocycles. The van der Waals surface area contributed by atoms with Crippen LogP contribution < -0.4 is 21.7 Å². The maximum atomic E-state index is 13.8. The van der Waals surface area contributed by atoms with E-state index in [9.17, 15) is 22.8 Å². The summed E-state index contributed by atoms with van der Waals surface area (Å²) < 4.78 is 43.7. The van der Waals surface area contributed by atoms with Gasteiger partial charge < -0.3 is 31.7 Å². The van der Waals surface area contributed by atoms with Gasteiger partial charge in [0.1, 0.15) is 6.54 Å². The first-order valence-electron chi connectivity index (χ1n) is 14.9. The van der Waals surface area contributed by atoms with Crippen molar-refractivity contribution < 1.29 is 32.7 Å². The normalized spacial score (nSPS) is 14.2. The molecule has 0 radical (unpaired) electrons. The third kappa shape index (κ3) is 8.36. The number of anilines is 2. The molecular weight excluding hydrogens is 635 g/mol. The Hall–Kier alpha value is -5.70. The Kier molecular flexibility index (Phi) is 11.5. The van der Waals surface area contributed by atoms with Gasteiger partial charge in [0.2, 0.25) is 0 Å². The molecule has 3 amide bonds. The monoisotopic (exact) mass is 669 g/mol. The maximum absolute atomic E-state index is 13.8. The van der Waals surface area contributed by atoms with Crippen LogP contribution in [0.2, 0.25) is 0 Å². The van der Waals surface area contributed by atoms with Gasteiger partial charge in [-0.3, -0.25) is 18.7 Å². The molecule has 1 fully saturated rings. The fraction of sp³-hybridized carbons (Fsp3) is 0.367.